The third kappa shape index (κ3) is 2.90. The van der Waals surface area contributed by atoms with Crippen LogP contribution in [0.1, 0.15) is 11.5 Å². The lowest BCUT2D eigenvalue weighted by Crippen LogP contribution is -1.94. The highest BCUT2D eigenvalue weighted by Crippen LogP contribution is 2.28. The number of benzene rings is 2. The summed E-state index contributed by atoms with van der Waals surface area (Å²) in [5, 5.41) is 3.29. The molecule has 2 aromatic heterocycles. The van der Waals surface area contributed by atoms with Gasteiger partial charge in [0.2, 0.25) is 0 Å². The molecule has 2 aromatic carbocycles. The number of pyridine rings is 1. The molecule has 0 N–H and O–H groups in total. The first kappa shape index (κ1) is 14.2. The van der Waals surface area contributed by atoms with Crippen LogP contribution in [0.5, 0.6) is 0 Å². The second-order valence-corrected chi connectivity index (χ2v) is 6.34. The average molecular weight is 317 g/mol. The zero-order valence-electron chi connectivity index (χ0n) is 12.7. The third-order valence-electron chi connectivity index (χ3n) is 3.69. The van der Waals surface area contributed by atoms with E-state index in [0.29, 0.717) is 0 Å². The Bertz CT molecular complexity index is 998. The number of aryl methyl sites for hydroxylation is 1. The molecule has 112 valence electrons. The number of hydrogen-bond donors (Lipinski definition) is 0. The number of fused-ring (bicyclic) bond motifs is 2. The number of nitrogens with zero attached hydrogens (tertiary/aromatic N) is 3. The van der Waals surface area contributed by atoms with E-state index in [-0.39, 0.29) is 0 Å². The summed E-state index contributed by atoms with van der Waals surface area (Å²) in [4.78, 5) is 13.8. The lowest BCUT2D eigenvalue weighted by molar-refractivity contribution is 1.01. The zero-order valence-corrected chi connectivity index (χ0v) is 13.5. The Morgan fingerprint density at radius 1 is 0.783 bits per heavy atom. The van der Waals surface area contributed by atoms with Crippen molar-refractivity contribution in [3.8, 4) is 0 Å². The normalized spacial score (nSPS) is 11.2. The number of rotatable bonds is 3. The summed E-state index contributed by atoms with van der Waals surface area (Å²) in [5.41, 5.74) is 3.09. The minimum atomic E-state index is 0.797. The molecule has 0 amide bonds. The van der Waals surface area contributed by atoms with E-state index in [1.165, 1.54) is 5.39 Å². The molecule has 0 aliphatic rings. The van der Waals surface area contributed by atoms with Gasteiger partial charge < -0.3 is 0 Å². The first-order valence-corrected chi connectivity index (χ1v) is 8.49. The van der Waals surface area contributed by atoms with Gasteiger partial charge in [-0.25, -0.2) is 9.97 Å². The molecular weight excluding hydrogens is 302 g/mol. The predicted molar refractivity (Wildman–Crippen MR) is 95.6 cm³/mol. The van der Waals surface area contributed by atoms with Crippen LogP contribution < -0.4 is 0 Å². The van der Waals surface area contributed by atoms with Crippen molar-refractivity contribution in [2.75, 3.05) is 0 Å². The van der Waals surface area contributed by atoms with Crippen LogP contribution in [-0.2, 0) is 5.75 Å². The number of thioether (sulfide) groups is 1. The molecule has 4 heteroatoms. The summed E-state index contributed by atoms with van der Waals surface area (Å²) >= 11 is 1.71. The van der Waals surface area contributed by atoms with Crippen LogP contribution in [0, 0.1) is 6.92 Å². The van der Waals surface area contributed by atoms with E-state index in [0.717, 1.165) is 38.7 Å². The Labute approximate surface area is 138 Å². The van der Waals surface area contributed by atoms with Gasteiger partial charge in [-0.05, 0) is 25.1 Å². The molecule has 0 saturated carbocycles. The molecule has 0 unspecified atom stereocenters. The van der Waals surface area contributed by atoms with Crippen LogP contribution >= 0.6 is 11.8 Å². The summed E-state index contributed by atoms with van der Waals surface area (Å²) in [7, 11) is 0. The maximum atomic E-state index is 4.73. The standard InChI is InChI=1S/C19H15N3S/c1-13-20-18-9-5-3-7-16(18)19(21-13)23-12-15-11-10-14-6-2-4-8-17(14)22-15/h2-11H,12H2,1H3. The lowest BCUT2D eigenvalue weighted by atomic mass is 10.2. The van der Waals surface area contributed by atoms with Gasteiger partial charge in [-0.1, -0.05) is 54.2 Å². The van der Waals surface area contributed by atoms with E-state index in [4.69, 9.17) is 4.98 Å². The molecule has 3 nitrogen and oxygen atoms in total. The van der Waals surface area contributed by atoms with E-state index < -0.39 is 0 Å². The summed E-state index contributed by atoms with van der Waals surface area (Å²) in [5.74, 6) is 1.60. The van der Waals surface area contributed by atoms with Crippen LogP contribution in [0.3, 0.4) is 0 Å². The van der Waals surface area contributed by atoms with E-state index >= 15 is 0 Å². The number of aromatic nitrogens is 3. The largest absolute Gasteiger partial charge is 0.252 e. The maximum Gasteiger partial charge on any atom is 0.127 e. The highest BCUT2D eigenvalue weighted by Gasteiger charge is 2.07. The van der Waals surface area contributed by atoms with Crippen LogP contribution in [0.15, 0.2) is 65.7 Å². The van der Waals surface area contributed by atoms with Crippen molar-refractivity contribution < 1.29 is 0 Å². The first-order chi connectivity index (χ1) is 11.3. The quantitative estimate of drug-likeness (QED) is 0.403. The van der Waals surface area contributed by atoms with E-state index in [9.17, 15) is 0 Å². The molecule has 4 rings (SSSR count). The van der Waals surface area contributed by atoms with Gasteiger partial charge in [0.15, 0.2) is 0 Å². The molecule has 0 aliphatic carbocycles. The van der Waals surface area contributed by atoms with Gasteiger partial charge in [0.1, 0.15) is 10.9 Å². The fourth-order valence-electron chi connectivity index (χ4n) is 2.60. The summed E-state index contributed by atoms with van der Waals surface area (Å²) in [6.07, 6.45) is 0. The molecule has 0 bridgehead atoms. The fourth-order valence-corrected chi connectivity index (χ4v) is 3.57. The second kappa shape index (κ2) is 5.97. The highest BCUT2D eigenvalue weighted by molar-refractivity contribution is 7.98. The monoisotopic (exact) mass is 317 g/mol. The molecule has 4 aromatic rings. The van der Waals surface area contributed by atoms with Crippen molar-refractivity contribution in [1.29, 1.82) is 0 Å². The third-order valence-corrected chi connectivity index (χ3v) is 4.72. The van der Waals surface area contributed by atoms with Crippen LogP contribution in [0.25, 0.3) is 21.8 Å². The van der Waals surface area contributed by atoms with Crippen molar-refractivity contribution >= 4 is 33.6 Å². The Morgan fingerprint density at radius 2 is 1.57 bits per heavy atom. The van der Waals surface area contributed by atoms with Crippen molar-refractivity contribution in [2.24, 2.45) is 0 Å². The second-order valence-electron chi connectivity index (χ2n) is 5.38. The molecule has 23 heavy (non-hydrogen) atoms. The first-order valence-electron chi connectivity index (χ1n) is 7.50. The van der Waals surface area contributed by atoms with Gasteiger partial charge in [0.25, 0.3) is 0 Å². The van der Waals surface area contributed by atoms with Crippen LogP contribution in [-0.4, -0.2) is 15.0 Å². The van der Waals surface area contributed by atoms with Gasteiger partial charge in [0.05, 0.1) is 16.7 Å². The molecule has 0 saturated heterocycles. The van der Waals surface area contributed by atoms with E-state index in [1.54, 1.807) is 11.8 Å². The fraction of sp³-hybridized carbons (Fsp3) is 0.105. The van der Waals surface area contributed by atoms with Gasteiger partial charge in [-0.2, -0.15) is 0 Å². The topological polar surface area (TPSA) is 38.7 Å². The Balaban J connectivity index is 1.65. The van der Waals surface area contributed by atoms with Crippen molar-refractivity contribution in [3.05, 3.63) is 72.2 Å². The van der Waals surface area contributed by atoms with Crippen LogP contribution in [0.2, 0.25) is 0 Å². The summed E-state index contributed by atoms with van der Waals surface area (Å²) in [6.45, 7) is 1.94. The molecule has 0 aliphatic heterocycles. The minimum absolute atomic E-state index is 0.797. The number of para-hydroxylation sites is 2. The Hall–Kier alpha value is -2.46. The molecule has 0 atom stereocenters. The summed E-state index contributed by atoms with van der Waals surface area (Å²) in [6, 6.07) is 20.5. The molecule has 0 spiro atoms. The van der Waals surface area contributed by atoms with Gasteiger partial charge in [-0.15, -0.1) is 0 Å². The van der Waals surface area contributed by atoms with E-state index in [2.05, 4.69) is 34.2 Å². The molecule has 0 radical (unpaired) electrons. The van der Waals surface area contributed by atoms with Crippen molar-refractivity contribution in [2.45, 2.75) is 17.7 Å². The van der Waals surface area contributed by atoms with Gasteiger partial charge in [0, 0.05) is 16.5 Å². The SMILES string of the molecule is Cc1nc(SCc2ccc3ccccc3n2)c2ccccc2n1. The molecule has 2 heterocycles. The Morgan fingerprint density at radius 3 is 2.48 bits per heavy atom. The number of hydrogen-bond acceptors (Lipinski definition) is 4. The van der Waals surface area contributed by atoms with Crippen LogP contribution in [0.4, 0.5) is 0 Å². The maximum absolute atomic E-state index is 4.73. The van der Waals surface area contributed by atoms with E-state index in [1.807, 2.05) is 43.3 Å². The van der Waals surface area contributed by atoms with Crippen molar-refractivity contribution in [3.63, 3.8) is 0 Å². The smallest absolute Gasteiger partial charge is 0.127 e. The molecular formula is C19H15N3S. The van der Waals surface area contributed by atoms with Crippen molar-refractivity contribution in [1.82, 2.24) is 15.0 Å². The van der Waals surface area contributed by atoms with Gasteiger partial charge in [-0.3, -0.25) is 4.98 Å². The highest BCUT2D eigenvalue weighted by atomic mass is 32.2. The summed E-state index contributed by atoms with van der Waals surface area (Å²) < 4.78 is 0. The lowest BCUT2D eigenvalue weighted by Gasteiger charge is -2.07. The zero-order chi connectivity index (χ0) is 15.6. The molecule has 0 fully saturated rings. The van der Waals surface area contributed by atoms with Gasteiger partial charge >= 0.3 is 0 Å². The predicted octanol–water partition coefficient (Wildman–Crippen LogP) is 4.78. The average Bonchev–Trinajstić information content (AvgIpc) is 2.59. The minimum Gasteiger partial charge on any atom is -0.252 e. The Kier molecular flexibility index (Phi) is 3.67.